The van der Waals surface area contributed by atoms with Crippen LogP contribution >= 0.6 is 0 Å². The van der Waals surface area contributed by atoms with E-state index in [1.54, 1.807) is 12.1 Å². The summed E-state index contributed by atoms with van der Waals surface area (Å²) in [7, 11) is 4.52. The van der Waals surface area contributed by atoms with Crippen LogP contribution in [0.3, 0.4) is 0 Å². The number of methoxy groups -OCH3 is 3. The minimum atomic E-state index is -0.358. The van der Waals surface area contributed by atoms with Gasteiger partial charge in [0.15, 0.2) is 11.5 Å². The van der Waals surface area contributed by atoms with E-state index in [-0.39, 0.29) is 12.0 Å². The minimum Gasteiger partial charge on any atom is -0.493 e. The summed E-state index contributed by atoms with van der Waals surface area (Å²) in [5.74, 6) is 1.21. The lowest BCUT2D eigenvalue weighted by Crippen LogP contribution is -2.36. The number of carbonyl (C=O) groups excluding carboxylic acids is 1. The Morgan fingerprint density at radius 2 is 1.80 bits per heavy atom. The third-order valence-electron chi connectivity index (χ3n) is 4.67. The van der Waals surface area contributed by atoms with Crippen LogP contribution in [0.5, 0.6) is 17.2 Å². The molecule has 3 rings (SSSR count). The number of guanidine groups is 1. The second kappa shape index (κ2) is 10.5. The highest BCUT2D eigenvalue weighted by Crippen LogP contribution is 2.38. The zero-order valence-electron chi connectivity index (χ0n) is 17.4. The number of carbonyl (C=O) groups is 1. The van der Waals surface area contributed by atoms with Gasteiger partial charge >= 0.3 is 0 Å². The summed E-state index contributed by atoms with van der Waals surface area (Å²) in [4.78, 5) is 17.5. The predicted octanol–water partition coefficient (Wildman–Crippen LogP) is 3.09. The van der Waals surface area contributed by atoms with Crippen molar-refractivity contribution in [3.05, 3.63) is 48.0 Å². The lowest BCUT2D eigenvalue weighted by molar-refractivity contribution is 0.0974. The molecule has 1 amide bonds. The first-order valence-electron chi connectivity index (χ1n) is 9.74. The molecule has 1 fully saturated rings. The highest BCUT2D eigenvalue weighted by atomic mass is 16.5. The molecule has 2 aromatic rings. The molecule has 1 atom stereocenters. The summed E-state index contributed by atoms with van der Waals surface area (Å²) in [5, 5.41) is 6.00. The van der Waals surface area contributed by atoms with Crippen molar-refractivity contribution in [2.45, 2.75) is 18.9 Å². The molecule has 0 aliphatic carbocycles. The van der Waals surface area contributed by atoms with Crippen molar-refractivity contribution < 1.29 is 23.7 Å². The third kappa shape index (κ3) is 5.42. The van der Waals surface area contributed by atoms with Crippen molar-refractivity contribution in [2.24, 2.45) is 4.99 Å². The van der Waals surface area contributed by atoms with Crippen molar-refractivity contribution >= 4 is 17.6 Å². The molecule has 30 heavy (non-hydrogen) atoms. The van der Waals surface area contributed by atoms with Gasteiger partial charge in [0, 0.05) is 17.9 Å². The SMILES string of the molecule is COc1cc(C(=O)NC(=NC[C@@H]2CCCO2)Nc2ccccc2)cc(OC)c1OC. The monoisotopic (exact) mass is 413 g/mol. The summed E-state index contributed by atoms with van der Waals surface area (Å²) in [6, 6.07) is 12.7. The van der Waals surface area contributed by atoms with Crippen molar-refractivity contribution in [2.75, 3.05) is 39.8 Å². The second-order valence-corrected chi connectivity index (χ2v) is 6.68. The Morgan fingerprint density at radius 3 is 2.37 bits per heavy atom. The van der Waals surface area contributed by atoms with Crippen LogP contribution in [-0.2, 0) is 4.74 Å². The molecule has 1 saturated heterocycles. The number of para-hydroxylation sites is 1. The number of hydrogen-bond donors (Lipinski definition) is 2. The number of nitrogens with one attached hydrogen (secondary N) is 2. The Kier molecular flexibility index (Phi) is 7.51. The summed E-state index contributed by atoms with van der Waals surface area (Å²) >= 11 is 0. The Hall–Kier alpha value is -3.26. The molecule has 1 heterocycles. The van der Waals surface area contributed by atoms with Crippen LogP contribution < -0.4 is 24.8 Å². The number of hydrogen-bond acceptors (Lipinski definition) is 6. The van der Waals surface area contributed by atoms with Crippen LogP contribution in [0.1, 0.15) is 23.2 Å². The maximum absolute atomic E-state index is 13.0. The Labute approximate surface area is 176 Å². The average molecular weight is 413 g/mol. The molecule has 160 valence electrons. The molecular weight excluding hydrogens is 386 g/mol. The van der Waals surface area contributed by atoms with Gasteiger partial charge in [0.25, 0.3) is 5.91 Å². The maximum atomic E-state index is 13.0. The predicted molar refractivity (Wildman–Crippen MR) is 115 cm³/mol. The second-order valence-electron chi connectivity index (χ2n) is 6.68. The molecule has 0 saturated carbocycles. The van der Waals surface area contributed by atoms with E-state index >= 15 is 0 Å². The van der Waals surface area contributed by atoms with Gasteiger partial charge in [0.05, 0.1) is 34.0 Å². The number of aliphatic imine (C=N–C) groups is 1. The van der Waals surface area contributed by atoms with Gasteiger partial charge in [-0.25, -0.2) is 4.99 Å². The lowest BCUT2D eigenvalue weighted by Gasteiger charge is -2.16. The molecule has 2 N–H and O–H groups in total. The van der Waals surface area contributed by atoms with Gasteiger partial charge in [0.2, 0.25) is 11.7 Å². The highest BCUT2D eigenvalue weighted by molar-refractivity contribution is 6.10. The maximum Gasteiger partial charge on any atom is 0.258 e. The average Bonchev–Trinajstić information content (AvgIpc) is 3.30. The van der Waals surface area contributed by atoms with Crippen molar-refractivity contribution in [3.8, 4) is 17.2 Å². The van der Waals surface area contributed by atoms with Crippen LogP contribution in [-0.4, -0.2) is 52.5 Å². The Bertz CT molecular complexity index is 855. The molecule has 8 nitrogen and oxygen atoms in total. The van der Waals surface area contributed by atoms with E-state index in [9.17, 15) is 4.79 Å². The zero-order chi connectivity index (χ0) is 21.3. The number of anilines is 1. The largest absolute Gasteiger partial charge is 0.493 e. The van der Waals surface area contributed by atoms with Gasteiger partial charge in [0.1, 0.15) is 0 Å². The molecule has 1 aliphatic heterocycles. The first-order chi connectivity index (χ1) is 14.6. The number of ether oxygens (including phenoxy) is 4. The van der Waals surface area contributed by atoms with E-state index in [4.69, 9.17) is 18.9 Å². The molecule has 2 aromatic carbocycles. The molecular formula is C22H27N3O5. The third-order valence-corrected chi connectivity index (χ3v) is 4.67. The van der Waals surface area contributed by atoms with Crippen LogP contribution in [0.15, 0.2) is 47.5 Å². The molecule has 1 aliphatic rings. The van der Waals surface area contributed by atoms with Crippen molar-refractivity contribution in [3.63, 3.8) is 0 Å². The highest BCUT2D eigenvalue weighted by Gasteiger charge is 2.19. The van der Waals surface area contributed by atoms with Crippen LogP contribution in [0, 0.1) is 0 Å². The van der Waals surface area contributed by atoms with E-state index in [0.717, 1.165) is 25.1 Å². The van der Waals surface area contributed by atoms with Crippen LogP contribution in [0.25, 0.3) is 0 Å². The molecule has 0 radical (unpaired) electrons. The van der Waals surface area contributed by atoms with Crippen molar-refractivity contribution in [1.29, 1.82) is 0 Å². The van der Waals surface area contributed by atoms with E-state index in [0.29, 0.717) is 35.3 Å². The van der Waals surface area contributed by atoms with Gasteiger partial charge < -0.3 is 24.3 Å². The molecule has 0 spiro atoms. The molecule has 0 unspecified atom stereocenters. The molecule has 8 heteroatoms. The van der Waals surface area contributed by atoms with Gasteiger partial charge in [-0.05, 0) is 37.1 Å². The van der Waals surface area contributed by atoms with Gasteiger partial charge in [-0.1, -0.05) is 18.2 Å². The van der Waals surface area contributed by atoms with Crippen LogP contribution in [0.4, 0.5) is 5.69 Å². The number of benzene rings is 2. The smallest absolute Gasteiger partial charge is 0.258 e. The van der Waals surface area contributed by atoms with E-state index < -0.39 is 0 Å². The Balaban J connectivity index is 1.82. The molecule has 0 bridgehead atoms. The fourth-order valence-electron chi connectivity index (χ4n) is 3.14. The summed E-state index contributed by atoms with van der Waals surface area (Å²) in [6.07, 6.45) is 2.05. The zero-order valence-corrected chi connectivity index (χ0v) is 17.4. The van der Waals surface area contributed by atoms with Crippen LogP contribution in [0.2, 0.25) is 0 Å². The van der Waals surface area contributed by atoms with E-state index in [1.807, 2.05) is 30.3 Å². The van der Waals surface area contributed by atoms with Gasteiger partial charge in [-0.3, -0.25) is 10.1 Å². The Morgan fingerprint density at radius 1 is 1.10 bits per heavy atom. The van der Waals surface area contributed by atoms with Gasteiger partial charge in [-0.15, -0.1) is 0 Å². The lowest BCUT2D eigenvalue weighted by atomic mass is 10.1. The standard InChI is InChI=1S/C22H27N3O5/c1-27-18-12-15(13-19(28-2)20(18)29-3)21(26)25-22(23-14-17-10-7-11-30-17)24-16-8-5-4-6-9-16/h4-6,8-9,12-13,17H,7,10-11,14H2,1-3H3,(H2,23,24,25,26)/t17-/m0/s1. The minimum absolute atomic E-state index is 0.0654. The number of rotatable bonds is 7. The first-order valence-corrected chi connectivity index (χ1v) is 9.74. The fraction of sp³-hybridized carbons (Fsp3) is 0.364. The summed E-state index contributed by atoms with van der Waals surface area (Å²) in [5.41, 5.74) is 1.16. The first kappa shape index (κ1) is 21.4. The quantitative estimate of drug-likeness (QED) is 0.536. The van der Waals surface area contributed by atoms with E-state index in [2.05, 4.69) is 15.6 Å². The van der Waals surface area contributed by atoms with Gasteiger partial charge in [-0.2, -0.15) is 0 Å². The molecule has 0 aromatic heterocycles. The fourth-order valence-corrected chi connectivity index (χ4v) is 3.14. The van der Waals surface area contributed by atoms with Crippen molar-refractivity contribution in [1.82, 2.24) is 5.32 Å². The number of amides is 1. The number of nitrogens with zero attached hydrogens (tertiary/aromatic N) is 1. The summed E-state index contributed by atoms with van der Waals surface area (Å²) < 4.78 is 21.6. The topological polar surface area (TPSA) is 90.4 Å². The van der Waals surface area contributed by atoms with E-state index in [1.165, 1.54) is 21.3 Å². The normalized spacial score (nSPS) is 16.1. The summed E-state index contributed by atoms with van der Waals surface area (Å²) in [6.45, 7) is 1.21.